The van der Waals surface area contributed by atoms with Crippen LogP contribution in [0.4, 0.5) is 0 Å². The smallest absolute Gasteiger partial charge is 0.378 e. The topological polar surface area (TPSA) is 102 Å². The highest BCUT2D eigenvalue weighted by Gasteiger charge is 2.49. The second kappa shape index (κ2) is 21.7. The molecule has 0 aliphatic rings. The minimum absolute atomic E-state index is 0.0395. The monoisotopic (exact) mass is 565 g/mol. The van der Waals surface area contributed by atoms with E-state index in [0.29, 0.717) is 37.0 Å². The molecule has 38 heavy (non-hydrogen) atoms. The Hall–Kier alpha value is -0.0100. The van der Waals surface area contributed by atoms with Crippen LogP contribution >= 0.6 is 7.82 Å². The Labute approximate surface area is 236 Å². The molecule has 0 aromatic heterocycles. The quantitative estimate of drug-likeness (QED) is 0.0539. The van der Waals surface area contributed by atoms with Crippen molar-refractivity contribution in [3.8, 4) is 0 Å². The van der Waals surface area contributed by atoms with Gasteiger partial charge in [-0.15, -0.1) is 0 Å². The lowest BCUT2D eigenvalue weighted by molar-refractivity contribution is -0.877. The van der Waals surface area contributed by atoms with Crippen molar-refractivity contribution in [1.29, 1.82) is 0 Å². The Balaban J connectivity index is 5.28. The van der Waals surface area contributed by atoms with Gasteiger partial charge in [-0.2, -0.15) is 0 Å². The molecule has 0 amide bonds. The number of ether oxygens (including phenoxy) is 1. The van der Waals surface area contributed by atoms with Gasteiger partial charge in [-0.3, -0.25) is 4.52 Å². The fourth-order valence-electron chi connectivity index (χ4n) is 5.83. The van der Waals surface area contributed by atoms with Crippen molar-refractivity contribution in [2.24, 2.45) is 11.7 Å². The zero-order valence-corrected chi connectivity index (χ0v) is 27.0. The number of quaternary nitrogens is 1. The van der Waals surface area contributed by atoms with Gasteiger partial charge in [0.15, 0.2) is 0 Å². The molecular weight excluding hydrogens is 499 g/mol. The minimum atomic E-state index is -4.72. The Bertz CT molecular complexity index is 596. The van der Waals surface area contributed by atoms with E-state index >= 15 is 0 Å². The van der Waals surface area contributed by atoms with Crippen LogP contribution in [0.3, 0.4) is 0 Å². The van der Waals surface area contributed by atoms with E-state index in [1.165, 1.54) is 70.6 Å². The number of phosphoric ester groups is 1. The van der Waals surface area contributed by atoms with Crippen LogP contribution in [0.1, 0.15) is 136 Å². The van der Waals surface area contributed by atoms with Gasteiger partial charge < -0.3 is 24.7 Å². The summed E-state index contributed by atoms with van der Waals surface area (Å²) in [4.78, 5) is 20.1. The Morgan fingerprint density at radius 2 is 1.26 bits per heavy atom. The molecule has 0 heterocycles. The zero-order valence-electron chi connectivity index (χ0n) is 26.1. The summed E-state index contributed by atoms with van der Waals surface area (Å²) in [6, 6.07) is 0. The summed E-state index contributed by atoms with van der Waals surface area (Å²) in [7, 11) is 1.43. The molecule has 4 N–H and O–H groups in total. The van der Waals surface area contributed by atoms with Crippen LogP contribution in [-0.2, 0) is 13.8 Å². The predicted molar refractivity (Wildman–Crippen MR) is 161 cm³/mol. The highest BCUT2D eigenvalue weighted by atomic mass is 31.2. The molecule has 0 saturated heterocycles. The summed E-state index contributed by atoms with van der Waals surface area (Å²) in [5.74, 6) is -0.0395. The van der Waals surface area contributed by atoms with E-state index in [-0.39, 0.29) is 12.0 Å². The molecule has 230 valence electrons. The molecule has 0 fully saturated rings. The van der Waals surface area contributed by atoms with Gasteiger partial charge >= 0.3 is 7.82 Å². The summed E-state index contributed by atoms with van der Waals surface area (Å²) < 4.78 is 24.9. The predicted octanol–water partition coefficient (Wildman–Crippen LogP) is 7.58. The minimum Gasteiger partial charge on any atom is -0.378 e. The highest BCUT2D eigenvalue weighted by Crippen LogP contribution is 2.48. The maximum absolute atomic E-state index is 12.3. The fourth-order valence-corrected chi connectivity index (χ4v) is 6.58. The van der Waals surface area contributed by atoms with Gasteiger partial charge in [0, 0.05) is 13.0 Å². The Morgan fingerprint density at radius 1 is 0.789 bits per heavy atom. The summed E-state index contributed by atoms with van der Waals surface area (Å²) in [6.07, 6.45) is 20.2. The molecule has 0 saturated carbocycles. The van der Waals surface area contributed by atoms with E-state index in [0.717, 1.165) is 32.1 Å². The molecule has 0 aliphatic heterocycles. The summed E-state index contributed by atoms with van der Waals surface area (Å²) in [5, 5.41) is 0. The van der Waals surface area contributed by atoms with Crippen LogP contribution < -0.4 is 5.73 Å². The molecule has 3 unspecified atom stereocenters. The van der Waals surface area contributed by atoms with E-state index in [1.54, 1.807) is 0 Å². The van der Waals surface area contributed by atoms with Crippen molar-refractivity contribution in [2.45, 2.75) is 148 Å². The van der Waals surface area contributed by atoms with Gasteiger partial charge in [-0.05, 0) is 38.6 Å². The first-order valence-electron chi connectivity index (χ1n) is 15.8. The van der Waals surface area contributed by atoms with Gasteiger partial charge in [0.05, 0.1) is 27.2 Å². The molecule has 3 atom stereocenters. The summed E-state index contributed by atoms with van der Waals surface area (Å²) in [5.41, 5.74) is 5.05. The standard InChI is InChI=1S/C30H65N2O5P/c1-7-9-11-13-15-17-19-21-25-36-28(3)26-30(27-32(4,5)6,37-38(33,34)35)29(23-24-31)22-20-18-16-14-12-10-8-2/h28-29H,7-27,31H2,1-6H3,(H-,33,34,35)/p+1. The zero-order chi connectivity index (χ0) is 28.9. The molecule has 0 spiro atoms. The van der Waals surface area contributed by atoms with Crippen molar-refractivity contribution < 1.29 is 28.1 Å². The van der Waals surface area contributed by atoms with E-state index in [1.807, 2.05) is 6.92 Å². The van der Waals surface area contributed by atoms with E-state index in [9.17, 15) is 14.4 Å². The number of phosphoric acid groups is 1. The van der Waals surface area contributed by atoms with Gasteiger partial charge in [-0.25, -0.2) is 4.57 Å². The van der Waals surface area contributed by atoms with Crippen molar-refractivity contribution >= 4 is 7.82 Å². The number of unbranched alkanes of at least 4 members (excludes halogenated alkanes) is 13. The molecule has 0 aromatic carbocycles. The van der Waals surface area contributed by atoms with Crippen molar-refractivity contribution in [2.75, 3.05) is 40.8 Å². The Kier molecular flexibility index (Phi) is 21.7. The first-order valence-corrected chi connectivity index (χ1v) is 17.3. The van der Waals surface area contributed by atoms with Crippen LogP contribution in [0.15, 0.2) is 0 Å². The average Bonchev–Trinajstić information content (AvgIpc) is 2.79. The van der Waals surface area contributed by atoms with E-state index in [2.05, 4.69) is 35.0 Å². The number of hydrogen-bond acceptors (Lipinski definition) is 4. The summed E-state index contributed by atoms with van der Waals surface area (Å²) >= 11 is 0. The number of likely N-dealkylation sites (N-methyl/N-ethyl adjacent to an activating group) is 1. The van der Waals surface area contributed by atoms with Crippen molar-refractivity contribution in [3.63, 3.8) is 0 Å². The lowest BCUT2D eigenvalue weighted by Crippen LogP contribution is -2.56. The normalized spacial score (nSPS) is 15.9. The molecule has 0 rings (SSSR count). The third-order valence-electron chi connectivity index (χ3n) is 7.49. The van der Waals surface area contributed by atoms with Gasteiger partial charge in [-0.1, -0.05) is 104 Å². The maximum Gasteiger partial charge on any atom is 0.470 e. The second-order valence-corrected chi connectivity index (χ2v) is 13.8. The average molecular weight is 566 g/mol. The van der Waals surface area contributed by atoms with Gasteiger partial charge in [0.1, 0.15) is 12.1 Å². The maximum atomic E-state index is 12.3. The molecule has 8 heteroatoms. The van der Waals surface area contributed by atoms with Gasteiger partial charge in [0.25, 0.3) is 0 Å². The van der Waals surface area contributed by atoms with Crippen LogP contribution in [0.2, 0.25) is 0 Å². The highest BCUT2D eigenvalue weighted by molar-refractivity contribution is 7.46. The lowest BCUT2D eigenvalue weighted by atomic mass is 9.77. The largest absolute Gasteiger partial charge is 0.470 e. The van der Waals surface area contributed by atoms with Crippen LogP contribution in [0.5, 0.6) is 0 Å². The van der Waals surface area contributed by atoms with Crippen LogP contribution in [0.25, 0.3) is 0 Å². The number of nitrogens with two attached hydrogens (primary N) is 1. The molecule has 0 radical (unpaired) electrons. The molecule has 0 aliphatic carbocycles. The lowest BCUT2D eigenvalue weighted by Gasteiger charge is -2.45. The third-order valence-corrected chi connectivity index (χ3v) is 8.09. The Morgan fingerprint density at radius 3 is 1.71 bits per heavy atom. The SMILES string of the molecule is CCCCCCCCCCOC(C)CC(C[N+](C)(C)C)(OP(=O)(O)O)C(CCN)CCCCCCCCC. The van der Waals surface area contributed by atoms with Crippen molar-refractivity contribution in [1.82, 2.24) is 0 Å². The van der Waals surface area contributed by atoms with Gasteiger partial charge in [0.2, 0.25) is 0 Å². The number of rotatable bonds is 27. The first kappa shape index (κ1) is 38.0. The molecular formula is C30H66N2O5P+. The molecule has 0 aromatic rings. The van der Waals surface area contributed by atoms with Crippen LogP contribution in [0, 0.1) is 5.92 Å². The third kappa shape index (κ3) is 20.8. The first-order chi connectivity index (χ1) is 17.9. The summed E-state index contributed by atoms with van der Waals surface area (Å²) in [6.45, 7) is 8.12. The van der Waals surface area contributed by atoms with E-state index in [4.69, 9.17) is 15.0 Å². The van der Waals surface area contributed by atoms with E-state index < -0.39 is 13.4 Å². The number of hydrogen-bond donors (Lipinski definition) is 3. The fraction of sp³-hybridized carbons (Fsp3) is 1.00. The molecule has 0 bridgehead atoms. The molecule has 7 nitrogen and oxygen atoms in total. The van der Waals surface area contributed by atoms with Crippen molar-refractivity contribution in [3.05, 3.63) is 0 Å². The van der Waals surface area contributed by atoms with Crippen LogP contribution in [-0.4, -0.2) is 66.8 Å². The number of nitrogens with zero attached hydrogens (tertiary/aromatic N) is 1. The second-order valence-electron chi connectivity index (χ2n) is 12.6.